The molecule has 0 aromatic heterocycles. The predicted molar refractivity (Wildman–Crippen MR) is 92.1 cm³/mol. The molecule has 1 aliphatic rings. The molecule has 1 N–H and O–H groups in total. The van der Waals surface area contributed by atoms with Crippen LogP contribution >= 0.6 is 11.6 Å². The number of nitrogens with zero attached hydrogens (tertiary/aromatic N) is 1. The van der Waals surface area contributed by atoms with Gasteiger partial charge in [0, 0.05) is 11.6 Å². The second-order valence-electron chi connectivity index (χ2n) is 6.24. The fourth-order valence-corrected chi connectivity index (χ4v) is 3.82. The lowest BCUT2D eigenvalue weighted by Gasteiger charge is -2.34. The van der Waals surface area contributed by atoms with Crippen molar-refractivity contribution in [1.29, 1.82) is 0 Å². The van der Waals surface area contributed by atoms with Crippen LogP contribution in [-0.4, -0.2) is 28.6 Å². The van der Waals surface area contributed by atoms with E-state index in [9.17, 15) is 23.1 Å². The van der Waals surface area contributed by atoms with Crippen LogP contribution in [0.15, 0.2) is 48.5 Å². The molecular weight excluding hydrogens is 367 g/mol. The normalized spacial score (nSPS) is 19.5. The van der Waals surface area contributed by atoms with Gasteiger partial charge in [-0.15, -0.1) is 0 Å². The van der Waals surface area contributed by atoms with E-state index in [1.807, 2.05) is 0 Å². The molecule has 0 radical (unpaired) electrons. The van der Waals surface area contributed by atoms with Crippen molar-refractivity contribution in [2.24, 2.45) is 0 Å². The fourth-order valence-electron chi connectivity index (χ4n) is 3.58. The minimum atomic E-state index is -4.55. The first-order valence-corrected chi connectivity index (χ1v) is 8.57. The highest BCUT2D eigenvalue weighted by molar-refractivity contribution is 6.31. The van der Waals surface area contributed by atoms with Crippen LogP contribution in [0.5, 0.6) is 0 Å². The minimum Gasteiger partial charge on any atom is -0.480 e. The molecule has 0 spiro atoms. The van der Waals surface area contributed by atoms with Gasteiger partial charge in [0.15, 0.2) is 0 Å². The first kappa shape index (κ1) is 18.7. The largest absolute Gasteiger partial charge is 0.480 e. The smallest absolute Gasteiger partial charge is 0.416 e. The van der Waals surface area contributed by atoms with E-state index in [0.717, 1.165) is 6.07 Å². The number of hydrogen-bond acceptors (Lipinski definition) is 2. The van der Waals surface area contributed by atoms with Gasteiger partial charge in [0.1, 0.15) is 6.04 Å². The summed E-state index contributed by atoms with van der Waals surface area (Å²) in [6.07, 6.45) is -3.55. The minimum absolute atomic E-state index is 0.0150. The van der Waals surface area contributed by atoms with E-state index >= 15 is 0 Å². The van der Waals surface area contributed by atoms with Crippen LogP contribution in [0.1, 0.15) is 35.6 Å². The van der Waals surface area contributed by atoms with E-state index in [1.54, 1.807) is 29.2 Å². The Labute approximate surface area is 154 Å². The lowest BCUT2D eigenvalue weighted by atomic mass is 9.92. The van der Waals surface area contributed by atoms with E-state index < -0.39 is 29.8 Å². The SMILES string of the molecule is O=C(O)C1CCCN1C(c1ccccc1Cl)c1ccccc1C(F)(F)F. The zero-order valence-electron chi connectivity index (χ0n) is 13.7. The second-order valence-corrected chi connectivity index (χ2v) is 6.65. The van der Waals surface area contributed by atoms with Crippen LogP contribution in [0.3, 0.4) is 0 Å². The molecule has 0 saturated carbocycles. The predicted octanol–water partition coefficient (Wildman–Crippen LogP) is 5.00. The van der Waals surface area contributed by atoms with E-state index in [0.29, 0.717) is 30.0 Å². The fraction of sp³-hybridized carbons (Fsp3) is 0.316. The van der Waals surface area contributed by atoms with Crippen molar-refractivity contribution in [2.75, 3.05) is 6.54 Å². The van der Waals surface area contributed by atoms with Gasteiger partial charge in [-0.25, -0.2) is 0 Å². The van der Waals surface area contributed by atoms with E-state index in [4.69, 9.17) is 11.6 Å². The Morgan fingerprint density at radius 1 is 1.12 bits per heavy atom. The van der Waals surface area contributed by atoms with E-state index in [-0.39, 0.29) is 5.56 Å². The summed E-state index contributed by atoms with van der Waals surface area (Å²) in [4.78, 5) is 13.3. The molecule has 2 aromatic carbocycles. The van der Waals surface area contributed by atoms with E-state index in [2.05, 4.69) is 0 Å². The van der Waals surface area contributed by atoms with Crippen molar-refractivity contribution >= 4 is 17.6 Å². The molecule has 2 unspecified atom stereocenters. The summed E-state index contributed by atoms with van der Waals surface area (Å²) < 4.78 is 40.8. The summed E-state index contributed by atoms with van der Waals surface area (Å²) in [6.45, 7) is 0.388. The number of carboxylic acid groups (broad SMARTS) is 1. The number of alkyl halides is 3. The molecule has 1 aliphatic heterocycles. The van der Waals surface area contributed by atoms with Crippen LogP contribution in [0.25, 0.3) is 0 Å². The van der Waals surface area contributed by atoms with E-state index in [1.165, 1.54) is 18.2 Å². The number of hydrogen-bond donors (Lipinski definition) is 1. The molecule has 0 aliphatic carbocycles. The third-order valence-corrected chi connectivity index (χ3v) is 5.02. The Kier molecular flexibility index (Phi) is 5.25. The topological polar surface area (TPSA) is 40.5 Å². The van der Waals surface area contributed by atoms with Gasteiger partial charge in [0.25, 0.3) is 0 Å². The van der Waals surface area contributed by atoms with Gasteiger partial charge < -0.3 is 5.11 Å². The number of rotatable bonds is 4. The molecule has 0 amide bonds. The summed E-state index contributed by atoms with van der Waals surface area (Å²) in [5.41, 5.74) is -0.291. The van der Waals surface area contributed by atoms with Crippen LogP contribution in [-0.2, 0) is 11.0 Å². The number of benzene rings is 2. The number of carbonyl (C=O) groups is 1. The van der Waals surface area contributed by atoms with Crippen LogP contribution < -0.4 is 0 Å². The van der Waals surface area contributed by atoms with Gasteiger partial charge in [-0.1, -0.05) is 48.0 Å². The van der Waals surface area contributed by atoms with Crippen molar-refractivity contribution in [1.82, 2.24) is 4.90 Å². The van der Waals surface area contributed by atoms with Crippen molar-refractivity contribution in [2.45, 2.75) is 31.1 Å². The van der Waals surface area contributed by atoms with Crippen LogP contribution in [0.4, 0.5) is 13.2 Å². The number of likely N-dealkylation sites (tertiary alicyclic amines) is 1. The molecule has 0 bridgehead atoms. The van der Waals surface area contributed by atoms with Crippen LogP contribution in [0, 0.1) is 0 Å². The maximum Gasteiger partial charge on any atom is 0.416 e. The molecule has 26 heavy (non-hydrogen) atoms. The molecule has 2 atom stereocenters. The summed E-state index contributed by atoms with van der Waals surface area (Å²) in [5, 5.41) is 9.84. The molecule has 2 aromatic rings. The summed E-state index contributed by atoms with van der Waals surface area (Å²) in [7, 11) is 0. The standard InChI is InChI=1S/C19H17ClF3NO2/c20-15-9-4-2-7-13(15)17(24-11-5-10-16(24)18(25)26)12-6-1-3-8-14(12)19(21,22)23/h1-4,6-9,16-17H,5,10-11H2,(H,25,26). The molecule has 138 valence electrons. The Bertz CT molecular complexity index is 809. The molecule has 1 heterocycles. The Morgan fingerprint density at radius 2 is 1.73 bits per heavy atom. The third kappa shape index (κ3) is 3.57. The van der Waals surface area contributed by atoms with Crippen LogP contribution in [0.2, 0.25) is 5.02 Å². The highest BCUT2D eigenvalue weighted by Crippen LogP contribution is 2.43. The summed E-state index contributed by atoms with van der Waals surface area (Å²) >= 11 is 6.29. The van der Waals surface area contributed by atoms with Gasteiger partial charge in [0.05, 0.1) is 11.6 Å². The Balaban J connectivity index is 2.20. The average Bonchev–Trinajstić information content (AvgIpc) is 3.06. The molecule has 7 heteroatoms. The number of carboxylic acids is 1. The monoisotopic (exact) mass is 383 g/mol. The number of aliphatic carboxylic acids is 1. The van der Waals surface area contributed by atoms with Gasteiger partial charge in [0.2, 0.25) is 0 Å². The van der Waals surface area contributed by atoms with Gasteiger partial charge in [-0.3, -0.25) is 9.69 Å². The highest BCUT2D eigenvalue weighted by atomic mass is 35.5. The first-order chi connectivity index (χ1) is 12.3. The quantitative estimate of drug-likeness (QED) is 0.808. The number of halogens is 4. The second kappa shape index (κ2) is 7.29. The van der Waals surface area contributed by atoms with Crippen molar-refractivity contribution in [3.8, 4) is 0 Å². The Morgan fingerprint density at radius 3 is 2.35 bits per heavy atom. The van der Waals surface area contributed by atoms with Crippen molar-refractivity contribution in [3.63, 3.8) is 0 Å². The molecule has 1 saturated heterocycles. The zero-order valence-corrected chi connectivity index (χ0v) is 14.5. The summed E-state index contributed by atoms with van der Waals surface area (Å²) in [6, 6.07) is 10.2. The highest BCUT2D eigenvalue weighted by Gasteiger charge is 2.42. The average molecular weight is 384 g/mol. The lowest BCUT2D eigenvalue weighted by Crippen LogP contribution is -2.40. The van der Waals surface area contributed by atoms with Gasteiger partial charge in [-0.05, 0) is 36.1 Å². The van der Waals surface area contributed by atoms with Crippen molar-refractivity contribution in [3.05, 3.63) is 70.2 Å². The lowest BCUT2D eigenvalue weighted by molar-refractivity contribution is -0.143. The molecule has 3 nitrogen and oxygen atoms in total. The maximum atomic E-state index is 13.6. The van der Waals surface area contributed by atoms with Gasteiger partial charge in [-0.2, -0.15) is 13.2 Å². The molecule has 1 fully saturated rings. The zero-order chi connectivity index (χ0) is 18.9. The molecule has 3 rings (SSSR count). The summed E-state index contributed by atoms with van der Waals surface area (Å²) in [5.74, 6) is -1.04. The first-order valence-electron chi connectivity index (χ1n) is 8.20. The maximum absolute atomic E-state index is 13.6. The third-order valence-electron chi connectivity index (χ3n) is 4.67. The Hall–Kier alpha value is -2.05. The molecular formula is C19H17ClF3NO2. The van der Waals surface area contributed by atoms with Gasteiger partial charge >= 0.3 is 12.1 Å². The van der Waals surface area contributed by atoms with Crippen molar-refractivity contribution < 1.29 is 23.1 Å².